The number of carbonyl (C=O) groups excluding carboxylic acids is 2. The molecule has 0 unspecified atom stereocenters. The van der Waals surface area contributed by atoms with Crippen LogP contribution in [0.1, 0.15) is 16.7 Å². The third-order valence-corrected chi connectivity index (χ3v) is 4.67. The van der Waals surface area contributed by atoms with Gasteiger partial charge in [-0.1, -0.05) is 30.3 Å². The molecule has 7 nitrogen and oxygen atoms in total. The van der Waals surface area contributed by atoms with Crippen molar-refractivity contribution in [3.8, 4) is 11.5 Å². The number of carbonyl (C=O) groups is 2. The van der Waals surface area contributed by atoms with Gasteiger partial charge in [-0.3, -0.25) is 4.79 Å². The zero-order chi connectivity index (χ0) is 19.9. The van der Waals surface area contributed by atoms with Crippen LogP contribution in [0.4, 0.5) is 4.79 Å². The minimum atomic E-state index is -0.610. The van der Waals surface area contributed by atoms with Crippen LogP contribution in [0.25, 0.3) is 0 Å². The molecule has 1 heterocycles. The van der Waals surface area contributed by atoms with Gasteiger partial charge in [-0.15, -0.1) is 0 Å². The lowest BCUT2D eigenvalue weighted by molar-refractivity contribution is -0.131. The number of alkyl carbamates (subject to hydrolysis) is 1. The highest BCUT2D eigenvalue weighted by Gasteiger charge is 2.23. The van der Waals surface area contributed by atoms with Gasteiger partial charge >= 0.3 is 6.09 Å². The maximum absolute atomic E-state index is 12.5. The molecule has 0 aliphatic carbocycles. The van der Waals surface area contributed by atoms with E-state index in [0.717, 1.165) is 23.1 Å². The molecule has 2 aromatic carbocycles. The van der Waals surface area contributed by atoms with Crippen molar-refractivity contribution < 1.29 is 23.8 Å². The highest BCUT2D eigenvalue weighted by Crippen LogP contribution is 2.33. The number of ether oxygens (including phenoxy) is 3. The number of nitrogens with one attached hydrogen (secondary N) is 1. The Morgan fingerprint density at radius 2 is 1.71 bits per heavy atom. The third-order valence-electron chi connectivity index (χ3n) is 4.67. The average Bonchev–Trinajstić information content (AvgIpc) is 2.75. The summed E-state index contributed by atoms with van der Waals surface area (Å²) in [6, 6.07) is 13.2. The third kappa shape index (κ3) is 4.73. The zero-order valence-corrected chi connectivity index (χ0v) is 16.1. The van der Waals surface area contributed by atoms with E-state index in [1.165, 1.54) is 0 Å². The number of hydrogen-bond donors (Lipinski definition) is 1. The number of fused-ring (bicyclic) bond motifs is 1. The summed E-state index contributed by atoms with van der Waals surface area (Å²) in [6.07, 6.45) is 0.112. The zero-order valence-electron chi connectivity index (χ0n) is 16.1. The largest absolute Gasteiger partial charge is 0.493 e. The fourth-order valence-corrected chi connectivity index (χ4v) is 3.13. The Balaban J connectivity index is 1.51. The first-order valence-corrected chi connectivity index (χ1v) is 9.07. The van der Waals surface area contributed by atoms with E-state index in [1.54, 1.807) is 19.1 Å². The van der Waals surface area contributed by atoms with Crippen LogP contribution in [0, 0.1) is 0 Å². The highest BCUT2D eigenvalue weighted by molar-refractivity contribution is 5.82. The molecule has 0 aromatic heterocycles. The van der Waals surface area contributed by atoms with Crippen molar-refractivity contribution >= 4 is 12.0 Å². The van der Waals surface area contributed by atoms with E-state index in [0.29, 0.717) is 24.6 Å². The van der Waals surface area contributed by atoms with Crippen LogP contribution >= 0.6 is 0 Å². The highest BCUT2D eigenvalue weighted by atomic mass is 16.5. The van der Waals surface area contributed by atoms with Crippen molar-refractivity contribution in [2.24, 2.45) is 0 Å². The molecule has 0 spiro atoms. The molecule has 3 rings (SSSR count). The minimum Gasteiger partial charge on any atom is -0.493 e. The van der Waals surface area contributed by atoms with Gasteiger partial charge in [0.1, 0.15) is 13.2 Å². The number of hydrogen-bond acceptors (Lipinski definition) is 5. The van der Waals surface area contributed by atoms with E-state index in [1.807, 2.05) is 42.5 Å². The van der Waals surface area contributed by atoms with E-state index in [2.05, 4.69) is 5.32 Å². The van der Waals surface area contributed by atoms with Gasteiger partial charge in [-0.05, 0) is 35.2 Å². The standard InChI is InChI=1S/C21H24N2O5/c1-26-18-10-16-8-9-23(13-17(16)11-19(18)27-2)20(24)12-22-21(25)28-14-15-6-4-3-5-7-15/h3-7,10-11H,8-9,12-14H2,1-2H3,(H,22,25). The molecular formula is C21H24N2O5. The Hall–Kier alpha value is -3.22. The van der Waals surface area contributed by atoms with E-state index in [-0.39, 0.29) is 19.1 Å². The first kappa shape index (κ1) is 19.5. The van der Waals surface area contributed by atoms with Crippen molar-refractivity contribution in [3.05, 3.63) is 59.2 Å². The summed E-state index contributed by atoms with van der Waals surface area (Å²) in [4.78, 5) is 26.0. The predicted octanol–water partition coefficient (Wildman–Crippen LogP) is 2.51. The van der Waals surface area contributed by atoms with Gasteiger partial charge in [0, 0.05) is 13.1 Å². The van der Waals surface area contributed by atoms with Gasteiger partial charge in [0.15, 0.2) is 11.5 Å². The Bertz CT molecular complexity index is 838. The average molecular weight is 384 g/mol. The molecule has 2 amide bonds. The Kier molecular flexibility index (Phi) is 6.37. The summed E-state index contributed by atoms with van der Waals surface area (Å²) >= 11 is 0. The van der Waals surface area contributed by atoms with Crippen molar-refractivity contribution in [2.45, 2.75) is 19.6 Å². The second kappa shape index (κ2) is 9.12. The van der Waals surface area contributed by atoms with Gasteiger partial charge in [-0.2, -0.15) is 0 Å². The Morgan fingerprint density at radius 3 is 2.39 bits per heavy atom. The van der Waals surface area contributed by atoms with E-state index < -0.39 is 6.09 Å². The fraction of sp³-hybridized carbons (Fsp3) is 0.333. The molecule has 2 aromatic rings. The minimum absolute atomic E-state index is 0.101. The Morgan fingerprint density at radius 1 is 1.04 bits per heavy atom. The maximum Gasteiger partial charge on any atom is 0.407 e. The molecule has 148 valence electrons. The number of rotatable bonds is 6. The molecule has 7 heteroatoms. The van der Waals surface area contributed by atoms with Crippen LogP contribution in [-0.4, -0.2) is 44.2 Å². The summed E-state index contributed by atoms with van der Waals surface area (Å²) in [5.41, 5.74) is 3.04. The first-order valence-electron chi connectivity index (χ1n) is 9.07. The second-order valence-corrected chi connectivity index (χ2v) is 6.46. The molecule has 1 N–H and O–H groups in total. The Labute approximate surface area is 164 Å². The summed E-state index contributed by atoms with van der Waals surface area (Å²) in [5, 5.41) is 2.52. The molecule has 0 bridgehead atoms. The van der Waals surface area contributed by atoms with Crippen LogP contribution in [0.5, 0.6) is 11.5 Å². The number of amides is 2. The SMILES string of the molecule is COc1cc2c(cc1OC)CN(C(=O)CNC(=O)OCc1ccccc1)CC2. The van der Waals surface area contributed by atoms with Crippen molar-refractivity contribution in [1.29, 1.82) is 0 Å². The lowest BCUT2D eigenvalue weighted by Gasteiger charge is -2.29. The molecule has 28 heavy (non-hydrogen) atoms. The lowest BCUT2D eigenvalue weighted by atomic mass is 9.98. The van der Waals surface area contributed by atoms with Gasteiger partial charge in [0.2, 0.25) is 5.91 Å². The molecule has 0 saturated carbocycles. The summed E-state index contributed by atoms with van der Waals surface area (Å²) in [5.74, 6) is 1.17. The van der Waals surface area contributed by atoms with Gasteiger partial charge in [0.25, 0.3) is 0 Å². The molecule has 1 aliphatic heterocycles. The van der Waals surface area contributed by atoms with Crippen LogP contribution in [0.2, 0.25) is 0 Å². The number of methoxy groups -OCH3 is 2. The molecule has 0 fully saturated rings. The maximum atomic E-state index is 12.5. The topological polar surface area (TPSA) is 77.1 Å². The van der Waals surface area contributed by atoms with Crippen molar-refractivity contribution in [3.63, 3.8) is 0 Å². The van der Waals surface area contributed by atoms with Gasteiger partial charge < -0.3 is 24.4 Å². The van der Waals surface area contributed by atoms with E-state index in [9.17, 15) is 9.59 Å². The molecule has 0 atom stereocenters. The monoisotopic (exact) mass is 384 g/mol. The molecule has 0 saturated heterocycles. The lowest BCUT2D eigenvalue weighted by Crippen LogP contribution is -2.42. The summed E-state index contributed by atoms with van der Waals surface area (Å²) in [7, 11) is 3.19. The van der Waals surface area contributed by atoms with E-state index in [4.69, 9.17) is 14.2 Å². The second-order valence-electron chi connectivity index (χ2n) is 6.46. The summed E-state index contributed by atoms with van der Waals surface area (Å²) in [6.45, 7) is 1.12. The predicted molar refractivity (Wildman–Crippen MR) is 103 cm³/mol. The van der Waals surface area contributed by atoms with E-state index >= 15 is 0 Å². The fourth-order valence-electron chi connectivity index (χ4n) is 3.13. The van der Waals surface area contributed by atoms with Crippen molar-refractivity contribution in [2.75, 3.05) is 27.3 Å². The molecule has 0 radical (unpaired) electrons. The van der Waals surface area contributed by atoms with Crippen molar-refractivity contribution in [1.82, 2.24) is 10.2 Å². The smallest absolute Gasteiger partial charge is 0.407 e. The quantitative estimate of drug-likeness (QED) is 0.828. The van der Waals surface area contributed by atoms with Crippen LogP contribution in [-0.2, 0) is 29.1 Å². The van der Waals surface area contributed by atoms with Crippen LogP contribution in [0.15, 0.2) is 42.5 Å². The number of benzene rings is 2. The van der Waals surface area contributed by atoms with Crippen LogP contribution < -0.4 is 14.8 Å². The molecule has 1 aliphatic rings. The van der Waals surface area contributed by atoms with Gasteiger partial charge in [-0.25, -0.2) is 4.79 Å². The molecular weight excluding hydrogens is 360 g/mol. The summed E-state index contributed by atoms with van der Waals surface area (Å²) < 4.78 is 15.8. The van der Waals surface area contributed by atoms with Gasteiger partial charge in [0.05, 0.1) is 14.2 Å². The normalized spacial score (nSPS) is 12.7. The first-order chi connectivity index (χ1) is 13.6. The number of nitrogens with zero attached hydrogens (tertiary/aromatic N) is 1. The van der Waals surface area contributed by atoms with Crippen LogP contribution in [0.3, 0.4) is 0 Å².